The highest BCUT2D eigenvalue weighted by Gasteiger charge is 2.21. The van der Waals surface area contributed by atoms with E-state index in [0.29, 0.717) is 5.89 Å². The number of hydrogen-bond donors (Lipinski definition) is 0. The lowest BCUT2D eigenvalue weighted by atomic mass is 10.1. The van der Waals surface area contributed by atoms with Gasteiger partial charge in [-0.15, -0.1) is 0 Å². The first kappa shape index (κ1) is 17.7. The molecule has 5 rings (SSSR count). The van der Waals surface area contributed by atoms with Crippen LogP contribution < -0.4 is 0 Å². The summed E-state index contributed by atoms with van der Waals surface area (Å²) in [6.07, 6.45) is 6.39. The lowest BCUT2D eigenvalue weighted by molar-refractivity contribution is 0.239. The minimum absolute atomic E-state index is 0.681. The summed E-state index contributed by atoms with van der Waals surface area (Å²) in [5.74, 6) is 2.32. The highest BCUT2D eigenvalue weighted by atomic mass is 16.4. The molecule has 1 aromatic carbocycles. The largest absolute Gasteiger partial charge is 0.441 e. The second-order valence-corrected chi connectivity index (χ2v) is 7.25. The van der Waals surface area contributed by atoms with E-state index < -0.39 is 0 Å². The second-order valence-electron chi connectivity index (χ2n) is 7.25. The van der Waals surface area contributed by atoms with Gasteiger partial charge in [0, 0.05) is 61.3 Å². The van der Waals surface area contributed by atoms with Gasteiger partial charge in [-0.3, -0.25) is 9.88 Å². The number of benzene rings is 1. The smallest absolute Gasteiger partial charge is 0.226 e. The van der Waals surface area contributed by atoms with E-state index in [2.05, 4.69) is 14.9 Å². The van der Waals surface area contributed by atoms with Crippen molar-refractivity contribution in [3.05, 3.63) is 83.8 Å². The highest BCUT2D eigenvalue weighted by Crippen LogP contribution is 2.25. The van der Waals surface area contributed by atoms with E-state index in [1.54, 1.807) is 12.4 Å². The monoisotopic (exact) mass is 383 g/mol. The zero-order chi connectivity index (χ0) is 19.6. The zero-order valence-electron chi connectivity index (χ0n) is 16.2. The number of aryl methyl sites for hydroxylation is 1. The fraction of sp³-hybridized carbons (Fsp3) is 0.217. The molecular formula is C23H21N5O. The molecule has 0 fully saturated rings. The van der Waals surface area contributed by atoms with Crippen LogP contribution in [0, 0.1) is 6.92 Å². The lowest BCUT2D eigenvalue weighted by Gasteiger charge is -2.27. The standard InChI is InChI=1S/C23H21N5O/c1-16-21(27-23(29-16)18-5-3-2-4-6-18)15-28-12-9-20-19(14-28)13-25-22(26-20)17-7-10-24-11-8-17/h2-8,10-11,13H,9,12,14-15H2,1H3. The molecular weight excluding hydrogens is 362 g/mol. The van der Waals surface area contributed by atoms with E-state index in [1.807, 2.05) is 55.6 Å². The van der Waals surface area contributed by atoms with E-state index in [4.69, 9.17) is 14.4 Å². The van der Waals surface area contributed by atoms with Gasteiger partial charge < -0.3 is 4.42 Å². The summed E-state index contributed by atoms with van der Waals surface area (Å²) in [6, 6.07) is 13.9. The Morgan fingerprint density at radius 1 is 1.00 bits per heavy atom. The van der Waals surface area contributed by atoms with Crippen LogP contribution in [0.4, 0.5) is 0 Å². The molecule has 0 spiro atoms. The number of aromatic nitrogens is 4. The number of oxazole rings is 1. The molecule has 0 radical (unpaired) electrons. The zero-order valence-corrected chi connectivity index (χ0v) is 16.2. The van der Waals surface area contributed by atoms with Crippen molar-refractivity contribution in [1.82, 2.24) is 24.8 Å². The van der Waals surface area contributed by atoms with Gasteiger partial charge in [-0.25, -0.2) is 15.0 Å². The SMILES string of the molecule is Cc1oc(-c2ccccc2)nc1CN1CCc2nc(-c3ccncc3)ncc2C1. The average molecular weight is 383 g/mol. The number of hydrogen-bond acceptors (Lipinski definition) is 6. The van der Waals surface area contributed by atoms with Gasteiger partial charge >= 0.3 is 0 Å². The van der Waals surface area contributed by atoms with Gasteiger partial charge in [0.15, 0.2) is 5.82 Å². The summed E-state index contributed by atoms with van der Waals surface area (Å²) in [6.45, 7) is 4.50. The Balaban J connectivity index is 1.32. The van der Waals surface area contributed by atoms with Crippen molar-refractivity contribution in [3.8, 4) is 22.8 Å². The minimum atomic E-state index is 0.681. The van der Waals surface area contributed by atoms with E-state index in [1.165, 1.54) is 5.56 Å². The van der Waals surface area contributed by atoms with E-state index >= 15 is 0 Å². The summed E-state index contributed by atoms with van der Waals surface area (Å²) < 4.78 is 5.91. The first-order chi connectivity index (χ1) is 14.3. The van der Waals surface area contributed by atoms with E-state index in [9.17, 15) is 0 Å². The first-order valence-electron chi connectivity index (χ1n) is 9.75. The van der Waals surface area contributed by atoms with Crippen molar-refractivity contribution in [3.63, 3.8) is 0 Å². The summed E-state index contributed by atoms with van der Waals surface area (Å²) in [5, 5.41) is 0. The highest BCUT2D eigenvalue weighted by molar-refractivity contribution is 5.54. The van der Waals surface area contributed by atoms with Crippen molar-refractivity contribution in [1.29, 1.82) is 0 Å². The molecule has 144 valence electrons. The Morgan fingerprint density at radius 2 is 1.83 bits per heavy atom. The maximum absolute atomic E-state index is 5.91. The van der Waals surface area contributed by atoms with Crippen LogP contribution in [0.3, 0.4) is 0 Å². The summed E-state index contributed by atoms with van der Waals surface area (Å²) in [7, 11) is 0. The predicted molar refractivity (Wildman–Crippen MR) is 110 cm³/mol. The molecule has 0 amide bonds. The quantitative estimate of drug-likeness (QED) is 0.529. The predicted octanol–water partition coefficient (Wildman–Crippen LogP) is 4.06. The molecule has 1 aliphatic heterocycles. The van der Waals surface area contributed by atoms with E-state index in [-0.39, 0.29) is 0 Å². The molecule has 4 aromatic rings. The molecule has 4 heterocycles. The van der Waals surface area contributed by atoms with Crippen LogP contribution in [-0.4, -0.2) is 31.4 Å². The molecule has 29 heavy (non-hydrogen) atoms. The number of pyridine rings is 1. The van der Waals surface area contributed by atoms with Crippen LogP contribution in [0.2, 0.25) is 0 Å². The van der Waals surface area contributed by atoms with Gasteiger partial charge in [-0.1, -0.05) is 18.2 Å². The Hall–Kier alpha value is -3.38. The maximum atomic E-state index is 5.91. The lowest BCUT2D eigenvalue weighted by Crippen LogP contribution is -2.31. The number of rotatable bonds is 4. The van der Waals surface area contributed by atoms with Crippen LogP contribution >= 0.6 is 0 Å². The number of nitrogens with zero attached hydrogens (tertiary/aromatic N) is 5. The van der Waals surface area contributed by atoms with Crippen LogP contribution in [0.15, 0.2) is 65.5 Å². The average Bonchev–Trinajstić information content (AvgIpc) is 3.15. The topological polar surface area (TPSA) is 67.9 Å². The minimum Gasteiger partial charge on any atom is -0.441 e. The van der Waals surface area contributed by atoms with E-state index in [0.717, 1.165) is 60.2 Å². The Kier molecular flexibility index (Phi) is 4.62. The second kappa shape index (κ2) is 7.56. The molecule has 0 saturated carbocycles. The third-order valence-corrected chi connectivity index (χ3v) is 5.24. The molecule has 0 N–H and O–H groups in total. The third-order valence-electron chi connectivity index (χ3n) is 5.24. The molecule has 1 aliphatic rings. The van der Waals surface area contributed by atoms with Crippen LogP contribution in [-0.2, 0) is 19.5 Å². The molecule has 6 nitrogen and oxygen atoms in total. The summed E-state index contributed by atoms with van der Waals surface area (Å²) in [5.41, 5.74) is 5.30. The molecule has 3 aromatic heterocycles. The Morgan fingerprint density at radius 3 is 2.66 bits per heavy atom. The first-order valence-corrected chi connectivity index (χ1v) is 9.75. The molecule has 0 saturated heterocycles. The summed E-state index contributed by atoms with van der Waals surface area (Å²) >= 11 is 0. The normalized spacial score (nSPS) is 14.0. The van der Waals surface area contributed by atoms with Crippen molar-refractivity contribution in [2.75, 3.05) is 6.54 Å². The molecule has 0 bridgehead atoms. The van der Waals surface area contributed by atoms with Gasteiger partial charge in [-0.2, -0.15) is 0 Å². The van der Waals surface area contributed by atoms with Gasteiger partial charge in [0.2, 0.25) is 5.89 Å². The maximum Gasteiger partial charge on any atom is 0.226 e. The van der Waals surface area contributed by atoms with Crippen molar-refractivity contribution in [2.24, 2.45) is 0 Å². The Bertz CT molecular complexity index is 1120. The third kappa shape index (κ3) is 3.67. The van der Waals surface area contributed by atoms with Crippen LogP contribution in [0.1, 0.15) is 22.7 Å². The molecule has 6 heteroatoms. The van der Waals surface area contributed by atoms with Crippen LogP contribution in [0.25, 0.3) is 22.8 Å². The Labute approximate surface area is 169 Å². The van der Waals surface area contributed by atoms with Crippen molar-refractivity contribution in [2.45, 2.75) is 26.4 Å². The van der Waals surface area contributed by atoms with Gasteiger partial charge in [-0.05, 0) is 31.2 Å². The van der Waals surface area contributed by atoms with Gasteiger partial charge in [0.25, 0.3) is 0 Å². The van der Waals surface area contributed by atoms with Crippen molar-refractivity contribution < 1.29 is 4.42 Å². The number of fused-ring (bicyclic) bond motifs is 1. The van der Waals surface area contributed by atoms with Gasteiger partial charge in [0.1, 0.15) is 5.76 Å². The molecule has 0 unspecified atom stereocenters. The van der Waals surface area contributed by atoms with Crippen molar-refractivity contribution >= 4 is 0 Å². The fourth-order valence-corrected chi connectivity index (χ4v) is 3.64. The summed E-state index contributed by atoms with van der Waals surface area (Å²) in [4.78, 5) is 20.5. The van der Waals surface area contributed by atoms with Gasteiger partial charge in [0.05, 0.1) is 11.4 Å². The fourth-order valence-electron chi connectivity index (χ4n) is 3.64. The van der Waals surface area contributed by atoms with Crippen LogP contribution in [0.5, 0.6) is 0 Å². The molecule has 0 atom stereocenters. The molecule has 0 aliphatic carbocycles.